The molecular weight excluding hydrogens is 351 g/mol. The van der Waals surface area contributed by atoms with Gasteiger partial charge in [-0.3, -0.25) is 19.9 Å². The molecule has 0 spiro atoms. The lowest BCUT2D eigenvalue weighted by Gasteiger charge is -2.09. The molecule has 0 saturated carbocycles. The molecule has 27 heavy (non-hydrogen) atoms. The number of benzene rings is 2. The molecule has 1 aromatic heterocycles. The zero-order valence-electron chi connectivity index (χ0n) is 14.1. The zero-order valence-corrected chi connectivity index (χ0v) is 14.1. The molecule has 0 radical (unpaired) electrons. The van der Waals surface area contributed by atoms with Crippen LogP contribution in [0.25, 0.3) is 0 Å². The van der Waals surface area contributed by atoms with Crippen molar-refractivity contribution in [3.63, 3.8) is 0 Å². The van der Waals surface area contributed by atoms with E-state index in [-0.39, 0.29) is 17.3 Å². The number of carbonyl (C=O) groups is 1. The third-order valence-corrected chi connectivity index (χ3v) is 3.80. The Bertz CT molecular complexity index is 962. The molecule has 0 aliphatic heterocycles. The highest BCUT2D eigenvalue weighted by molar-refractivity contribution is 6.04. The number of anilines is 2. The predicted octanol–water partition coefficient (Wildman–Crippen LogP) is 3.99. The van der Waals surface area contributed by atoms with E-state index in [2.05, 4.69) is 15.6 Å². The van der Waals surface area contributed by atoms with Crippen LogP contribution in [-0.4, -0.2) is 15.8 Å². The second-order valence-electron chi connectivity index (χ2n) is 5.66. The van der Waals surface area contributed by atoms with Crippen molar-refractivity contribution in [3.05, 3.63) is 94.0 Å². The number of aromatic nitrogens is 1. The number of carbonyl (C=O) groups excluding carboxylic acids is 1. The fraction of sp³-hybridized carbons (Fsp3) is 0.0526. The van der Waals surface area contributed by atoms with Crippen LogP contribution in [0.1, 0.15) is 15.9 Å². The maximum absolute atomic E-state index is 13.9. The van der Waals surface area contributed by atoms with E-state index in [1.165, 1.54) is 12.1 Å². The molecule has 0 fully saturated rings. The minimum absolute atomic E-state index is 0.167. The Hall–Kier alpha value is -3.81. The van der Waals surface area contributed by atoms with Gasteiger partial charge in [-0.15, -0.1) is 0 Å². The molecule has 1 heterocycles. The molecule has 1 amide bonds. The predicted molar refractivity (Wildman–Crippen MR) is 99.0 cm³/mol. The number of non-ortho nitro benzene ring substituents is 1. The maximum atomic E-state index is 13.9. The summed E-state index contributed by atoms with van der Waals surface area (Å²) in [5, 5.41) is 16.3. The van der Waals surface area contributed by atoms with Crippen molar-refractivity contribution in [1.29, 1.82) is 0 Å². The van der Waals surface area contributed by atoms with Crippen LogP contribution < -0.4 is 10.6 Å². The van der Waals surface area contributed by atoms with Gasteiger partial charge in [-0.2, -0.15) is 0 Å². The fourth-order valence-electron chi connectivity index (χ4n) is 2.37. The van der Waals surface area contributed by atoms with Crippen molar-refractivity contribution < 1.29 is 14.1 Å². The highest BCUT2D eigenvalue weighted by atomic mass is 19.1. The Kier molecular flexibility index (Phi) is 5.36. The van der Waals surface area contributed by atoms with Crippen LogP contribution in [-0.2, 0) is 6.54 Å². The van der Waals surface area contributed by atoms with Crippen LogP contribution in [0.5, 0.6) is 0 Å². The molecule has 0 aliphatic rings. The molecule has 0 saturated heterocycles. The molecule has 3 aromatic rings. The van der Waals surface area contributed by atoms with Gasteiger partial charge in [-0.1, -0.05) is 12.1 Å². The van der Waals surface area contributed by atoms with Crippen molar-refractivity contribution in [2.24, 2.45) is 0 Å². The number of nitro groups is 1. The van der Waals surface area contributed by atoms with E-state index in [9.17, 15) is 19.3 Å². The molecule has 0 bridgehead atoms. The Morgan fingerprint density at radius 3 is 2.41 bits per heavy atom. The number of pyridine rings is 1. The Labute approximate surface area is 154 Å². The second kappa shape index (κ2) is 8.05. The summed E-state index contributed by atoms with van der Waals surface area (Å²) < 4.78 is 13.9. The van der Waals surface area contributed by atoms with Gasteiger partial charge in [0.25, 0.3) is 11.6 Å². The number of amides is 1. The minimum atomic E-state index is -0.697. The van der Waals surface area contributed by atoms with Gasteiger partial charge in [0.05, 0.1) is 16.7 Å². The molecule has 8 heteroatoms. The summed E-state index contributed by atoms with van der Waals surface area (Å²) in [4.78, 5) is 26.0. The van der Waals surface area contributed by atoms with E-state index >= 15 is 0 Å². The third-order valence-electron chi connectivity index (χ3n) is 3.80. The summed E-state index contributed by atoms with van der Waals surface area (Å²) in [5.41, 5.74) is 1.82. The van der Waals surface area contributed by atoms with Crippen molar-refractivity contribution in [2.75, 3.05) is 10.6 Å². The summed E-state index contributed by atoms with van der Waals surface area (Å²) in [7, 11) is 0. The van der Waals surface area contributed by atoms with Crippen LogP contribution in [0.15, 0.2) is 67.0 Å². The lowest BCUT2D eigenvalue weighted by Crippen LogP contribution is -2.12. The Morgan fingerprint density at radius 1 is 1.07 bits per heavy atom. The number of nitrogens with zero attached hydrogens (tertiary/aromatic N) is 2. The largest absolute Gasteiger partial charge is 0.379 e. The van der Waals surface area contributed by atoms with E-state index in [1.807, 2.05) is 0 Å². The number of nitrogens with one attached hydrogen (secondary N) is 2. The summed E-state index contributed by atoms with van der Waals surface area (Å²) in [6.07, 6.45) is 3.17. The molecule has 2 aromatic carbocycles. The standard InChI is InChI=1S/C19H15FN4O3/c20-17-11-16(24(26)27)5-6-18(17)22-12-13-1-3-14(4-2-13)19(25)23-15-7-9-21-10-8-15/h1-11,22H,12H2,(H,21,23,25). The first-order valence-corrected chi connectivity index (χ1v) is 8.01. The quantitative estimate of drug-likeness (QED) is 0.508. The van der Waals surface area contributed by atoms with E-state index in [0.717, 1.165) is 11.6 Å². The molecule has 3 rings (SSSR count). The summed E-state index contributed by atoms with van der Waals surface area (Å²) in [5.74, 6) is -0.945. The molecular formula is C19H15FN4O3. The lowest BCUT2D eigenvalue weighted by atomic mass is 10.1. The number of hydrogen-bond acceptors (Lipinski definition) is 5. The van der Waals surface area contributed by atoms with Gasteiger partial charge in [0.15, 0.2) is 5.82 Å². The fourth-order valence-corrected chi connectivity index (χ4v) is 2.37. The van der Waals surface area contributed by atoms with Gasteiger partial charge >= 0.3 is 0 Å². The lowest BCUT2D eigenvalue weighted by molar-refractivity contribution is -0.385. The van der Waals surface area contributed by atoms with E-state index in [4.69, 9.17) is 0 Å². The monoisotopic (exact) mass is 366 g/mol. The van der Waals surface area contributed by atoms with Crippen LogP contribution in [0, 0.1) is 15.9 Å². The highest BCUT2D eigenvalue weighted by Gasteiger charge is 2.11. The molecule has 0 unspecified atom stereocenters. The van der Waals surface area contributed by atoms with Gasteiger partial charge in [-0.05, 0) is 35.9 Å². The molecule has 2 N–H and O–H groups in total. The summed E-state index contributed by atoms with van der Waals surface area (Å²) >= 11 is 0. The topological polar surface area (TPSA) is 97.2 Å². The first kappa shape index (κ1) is 18.0. The average molecular weight is 366 g/mol. The summed E-state index contributed by atoms with van der Waals surface area (Å²) in [6.45, 7) is 0.307. The Morgan fingerprint density at radius 2 is 1.78 bits per heavy atom. The molecule has 7 nitrogen and oxygen atoms in total. The normalized spacial score (nSPS) is 10.3. The zero-order chi connectivity index (χ0) is 19.2. The van der Waals surface area contributed by atoms with Gasteiger partial charge in [0.2, 0.25) is 0 Å². The number of nitro benzene ring substituents is 1. The van der Waals surface area contributed by atoms with Crippen molar-refractivity contribution in [2.45, 2.75) is 6.54 Å². The van der Waals surface area contributed by atoms with Gasteiger partial charge in [0.1, 0.15) is 0 Å². The average Bonchev–Trinajstić information content (AvgIpc) is 2.68. The third kappa shape index (κ3) is 4.63. The summed E-state index contributed by atoms with van der Waals surface area (Å²) in [6, 6.07) is 13.6. The van der Waals surface area contributed by atoms with Gasteiger partial charge in [-0.25, -0.2) is 4.39 Å². The highest BCUT2D eigenvalue weighted by Crippen LogP contribution is 2.21. The van der Waals surface area contributed by atoms with Crippen LogP contribution >= 0.6 is 0 Å². The van der Waals surface area contributed by atoms with E-state index in [1.54, 1.807) is 48.8 Å². The van der Waals surface area contributed by atoms with Gasteiger partial charge in [0, 0.05) is 36.3 Å². The SMILES string of the molecule is O=C(Nc1ccncc1)c1ccc(CNc2ccc([N+](=O)[O-])cc2F)cc1. The van der Waals surface area contributed by atoms with Crippen molar-refractivity contribution in [3.8, 4) is 0 Å². The molecule has 0 atom stereocenters. The smallest absolute Gasteiger partial charge is 0.272 e. The minimum Gasteiger partial charge on any atom is -0.379 e. The maximum Gasteiger partial charge on any atom is 0.272 e. The first-order valence-electron chi connectivity index (χ1n) is 8.01. The first-order chi connectivity index (χ1) is 13.0. The van der Waals surface area contributed by atoms with Crippen LogP contribution in [0.4, 0.5) is 21.5 Å². The number of hydrogen-bond donors (Lipinski definition) is 2. The van der Waals surface area contributed by atoms with Crippen molar-refractivity contribution >= 4 is 23.0 Å². The number of halogens is 1. The van der Waals surface area contributed by atoms with E-state index < -0.39 is 10.7 Å². The van der Waals surface area contributed by atoms with Gasteiger partial charge < -0.3 is 10.6 Å². The van der Waals surface area contributed by atoms with Crippen molar-refractivity contribution in [1.82, 2.24) is 4.98 Å². The van der Waals surface area contributed by atoms with Crippen LogP contribution in [0.2, 0.25) is 0 Å². The van der Waals surface area contributed by atoms with Crippen LogP contribution in [0.3, 0.4) is 0 Å². The second-order valence-corrected chi connectivity index (χ2v) is 5.66. The molecule has 136 valence electrons. The number of rotatable bonds is 6. The van der Waals surface area contributed by atoms with E-state index in [0.29, 0.717) is 17.8 Å². The Balaban J connectivity index is 1.61. The molecule has 0 aliphatic carbocycles.